The van der Waals surface area contributed by atoms with Gasteiger partial charge in [-0.15, -0.1) is 35.3 Å². The van der Waals surface area contributed by atoms with Crippen LogP contribution in [0, 0.1) is 0 Å². The van der Waals surface area contributed by atoms with Crippen LogP contribution in [0.5, 0.6) is 0 Å². The van der Waals surface area contributed by atoms with E-state index in [1.165, 1.54) is 4.88 Å². The van der Waals surface area contributed by atoms with E-state index < -0.39 is 0 Å². The second kappa shape index (κ2) is 11.4. The third-order valence-electron chi connectivity index (χ3n) is 4.42. The first-order valence-electron chi connectivity index (χ1n) is 9.53. The summed E-state index contributed by atoms with van der Waals surface area (Å²) in [6, 6.07) is 9.87. The van der Waals surface area contributed by atoms with Crippen LogP contribution in [0.2, 0.25) is 0 Å². The normalized spacial score (nSPS) is 16.8. The highest BCUT2D eigenvalue weighted by molar-refractivity contribution is 14.0. The van der Waals surface area contributed by atoms with Crippen molar-refractivity contribution in [3.8, 4) is 0 Å². The maximum Gasteiger partial charge on any atom is 0.229 e. The van der Waals surface area contributed by atoms with Gasteiger partial charge in [-0.1, -0.05) is 25.1 Å². The Kier molecular flexibility index (Phi) is 9.17. The predicted octanol–water partition coefficient (Wildman–Crippen LogP) is 3.23. The zero-order valence-corrected chi connectivity index (χ0v) is 19.5. The molecule has 1 aromatic heterocycles. The standard InChI is InChI=1S/C20H27N5OS.HI/c1-3-17-13-23-18(27-17)10-11-22-20(21-4-2)24-15-12-19(26)25(14-15)16-8-6-5-7-9-16;/h5-9,13,15H,3-4,10-12,14H2,1-2H3,(H2,21,22,24);1H. The van der Waals surface area contributed by atoms with Crippen molar-refractivity contribution in [2.75, 3.05) is 24.5 Å². The Balaban J connectivity index is 0.00000280. The van der Waals surface area contributed by atoms with Gasteiger partial charge in [-0.05, 0) is 25.5 Å². The fourth-order valence-corrected chi connectivity index (χ4v) is 3.92. The number of carbonyl (C=O) groups excluding carboxylic acids is 1. The summed E-state index contributed by atoms with van der Waals surface area (Å²) >= 11 is 1.76. The van der Waals surface area contributed by atoms with Crippen LogP contribution in [0.1, 0.15) is 30.2 Å². The summed E-state index contributed by atoms with van der Waals surface area (Å²) < 4.78 is 0. The molecule has 152 valence electrons. The van der Waals surface area contributed by atoms with Gasteiger partial charge in [0, 0.05) is 49.2 Å². The number of nitrogens with one attached hydrogen (secondary N) is 2. The van der Waals surface area contributed by atoms with Gasteiger partial charge in [0.2, 0.25) is 5.91 Å². The number of carbonyl (C=O) groups is 1. The Morgan fingerprint density at radius 2 is 2.11 bits per heavy atom. The van der Waals surface area contributed by atoms with Crippen molar-refractivity contribution in [3.05, 3.63) is 46.4 Å². The highest BCUT2D eigenvalue weighted by atomic mass is 127. The quantitative estimate of drug-likeness (QED) is 0.339. The van der Waals surface area contributed by atoms with Crippen molar-refractivity contribution in [1.82, 2.24) is 15.6 Å². The molecule has 1 unspecified atom stereocenters. The minimum Gasteiger partial charge on any atom is -0.357 e. The molecule has 0 radical (unpaired) electrons. The number of amides is 1. The van der Waals surface area contributed by atoms with E-state index in [-0.39, 0.29) is 35.9 Å². The fourth-order valence-electron chi connectivity index (χ4n) is 3.07. The molecule has 0 spiro atoms. The number of benzene rings is 1. The van der Waals surface area contributed by atoms with Crippen molar-refractivity contribution in [2.24, 2.45) is 4.99 Å². The molecule has 2 N–H and O–H groups in total. The summed E-state index contributed by atoms with van der Waals surface area (Å²) in [6.45, 7) is 6.30. The number of hydrogen-bond acceptors (Lipinski definition) is 4. The van der Waals surface area contributed by atoms with Gasteiger partial charge in [0.05, 0.1) is 11.0 Å². The zero-order valence-electron chi connectivity index (χ0n) is 16.4. The molecule has 8 heteroatoms. The van der Waals surface area contributed by atoms with Crippen LogP contribution in [0.3, 0.4) is 0 Å². The summed E-state index contributed by atoms with van der Waals surface area (Å²) in [6.07, 6.45) is 4.29. The van der Waals surface area contributed by atoms with Crippen molar-refractivity contribution in [2.45, 2.75) is 39.2 Å². The molecule has 2 heterocycles. The second-order valence-electron chi connectivity index (χ2n) is 6.47. The van der Waals surface area contributed by atoms with Gasteiger partial charge in [-0.25, -0.2) is 4.98 Å². The Morgan fingerprint density at radius 3 is 2.79 bits per heavy atom. The third-order valence-corrected chi connectivity index (χ3v) is 5.62. The van der Waals surface area contributed by atoms with Crippen LogP contribution in [0.4, 0.5) is 5.69 Å². The average Bonchev–Trinajstić information content (AvgIpc) is 3.29. The number of thiazole rings is 1. The van der Waals surface area contributed by atoms with E-state index in [1.54, 1.807) is 11.3 Å². The number of nitrogens with zero attached hydrogens (tertiary/aromatic N) is 3. The van der Waals surface area contributed by atoms with E-state index in [0.29, 0.717) is 19.5 Å². The second-order valence-corrected chi connectivity index (χ2v) is 7.67. The maximum atomic E-state index is 12.4. The van der Waals surface area contributed by atoms with Gasteiger partial charge in [-0.2, -0.15) is 0 Å². The molecule has 1 fully saturated rings. The number of rotatable bonds is 7. The maximum absolute atomic E-state index is 12.4. The lowest BCUT2D eigenvalue weighted by Gasteiger charge is -2.19. The molecule has 1 amide bonds. The largest absolute Gasteiger partial charge is 0.357 e. The summed E-state index contributed by atoms with van der Waals surface area (Å²) in [5.41, 5.74) is 0.948. The number of hydrogen-bond donors (Lipinski definition) is 2. The van der Waals surface area contributed by atoms with Gasteiger partial charge < -0.3 is 15.5 Å². The van der Waals surface area contributed by atoms with E-state index >= 15 is 0 Å². The lowest BCUT2D eigenvalue weighted by Crippen LogP contribution is -2.44. The molecular weight excluding hydrogens is 485 g/mol. The van der Waals surface area contributed by atoms with Crippen LogP contribution in [0.15, 0.2) is 41.5 Å². The van der Waals surface area contributed by atoms with Crippen molar-refractivity contribution in [1.29, 1.82) is 0 Å². The molecular formula is C20H28IN5OS. The lowest BCUT2D eigenvalue weighted by molar-refractivity contribution is -0.117. The van der Waals surface area contributed by atoms with Crippen molar-refractivity contribution in [3.63, 3.8) is 0 Å². The minimum absolute atomic E-state index is 0. The summed E-state index contributed by atoms with van der Waals surface area (Å²) in [5, 5.41) is 7.81. The molecule has 1 aromatic carbocycles. The first-order chi connectivity index (χ1) is 13.2. The first kappa shape index (κ1) is 22.6. The topological polar surface area (TPSA) is 69.6 Å². The molecule has 28 heavy (non-hydrogen) atoms. The van der Waals surface area contributed by atoms with Crippen molar-refractivity contribution < 1.29 is 4.79 Å². The Bertz CT molecular complexity index is 780. The smallest absolute Gasteiger partial charge is 0.229 e. The molecule has 0 aliphatic carbocycles. The minimum atomic E-state index is 0. The van der Waals surface area contributed by atoms with Crippen LogP contribution >= 0.6 is 35.3 Å². The summed E-state index contributed by atoms with van der Waals surface area (Å²) in [7, 11) is 0. The SMILES string of the molecule is CCNC(=NCCc1ncc(CC)s1)NC1CC(=O)N(c2ccccc2)C1.I. The molecule has 2 aromatic rings. The van der Waals surface area contributed by atoms with E-state index in [2.05, 4.69) is 27.5 Å². The summed E-state index contributed by atoms with van der Waals surface area (Å²) in [4.78, 5) is 24.6. The Morgan fingerprint density at radius 1 is 1.32 bits per heavy atom. The van der Waals surface area contributed by atoms with E-state index in [1.807, 2.05) is 48.4 Å². The highest BCUT2D eigenvalue weighted by Crippen LogP contribution is 2.21. The van der Waals surface area contributed by atoms with Crippen LogP contribution in [-0.4, -0.2) is 42.5 Å². The van der Waals surface area contributed by atoms with Gasteiger partial charge in [0.25, 0.3) is 0 Å². The number of guanidine groups is 1. The molecule has 1 aliphatic rings. The fraction of sp³-hybridized carbons (Fsp3) is 0.450. The number of anilines is 1. The number of aromatic nitrogens is 1. The molecule has 0 bridgehead atoms. The molecule has 1 atom stereocenters. The number of para-hydroxylation sites is 1. The van der Waals surface area contributed by atoms with E-state index in [0.717, 1.165) is 36.0 Å². The Labute approximate surface area is 187 Å². The summed E-state index contributed by atoms with van der Waals surface area (Å²) in [5.74, 6) is 0.905. The Hall–Kier alpha value is -1.68. The van der Waals surface area contributed by atoms with E-state index in [4.69, 9.17) is 0 Å². The van der Waals surface area contributed by atoms with Crippen LogP contribution in [0.25, 0.3) is 0 Å². The number of aryl methyl sites for hydroxylation is 1. The molecule has 1 saturated heterocycles. The van der Waals surface area contributed by atoms with Crippen LogP contribution < -0.4 is 15.5 Å². The molecule has 1 aliphatic heterocycles. The lowest BCUT2D eigenvalue weighted by atomic mass is 10.2. The average molecular weight is 513 g/mol. The van der Waals surface area contributed by atoms with Gasteiger partial charge in [-0.3, -0.25) is 9.79 Å². The van der Waals surface area contributed by atoms with Gasteiger partial charge in [0.1, 0.15) is 0 Å². The third kappa shape index (κ3) is 6.16. The molecule has 0 saturated carbocycles. The first-order valence-corrected chi connectivity index (χ1v) is 10.3. The van der Waals surface area contributed by atoms with Gasteiger partial charge >= 0.3 is 0 Å². The molecule has 3 rings (SSSR count). The monoisotopic (exact) mass is 513 g/mol. The predicted molar refractivity (Wildman–Crippen MR) is 127 cm³/mol. The number of aliphatic imine (C=N–C) groups is 1. The number of halogens is 1. The highest BCUT2D eigenvalue weighted by Gasteiger charge is 2.31. The van der Waals surface area contributed by atoms with E-state index in [9.17, 15) is 4.79 Å². The zero-order chi connectivity index (χ0) is 19.1. The van der Waals surface area contributed by atoms with Crippen LogP contribution in [-0.2, 0) is 17.6 Å². The van der Waals surface area contributed by atoms with Crippen molar-refractivity contribution >= 4 is 52.9 Å². The van der Waals surface area contributed by atoms with Gasteiger partial charge in [0.15, 0.2) is 5.96 Å². The molecule has 6 nitrogen and oxygen atoms in total.